The highest BCUT2D eigenvalue weighted by molar-refractivity contribution is 6.17. The Labute approximate surface area is 95.1 Å². The largest absolute Gasteiger partial charge is 0.421 e. The highest BCUT2D eigenvalue weighted by Crippen LogP contribution is 2.22. The lowest BCUT2D eigenvalue weighted by Gasteiger charge is -1.96. The van der Waals surface area contributed by atoms with Crippen LogP contribution < -0.4 is 0 Å². The molecule has 0 saturated heterocycles. The van der Waals surface area contributed by atoms with Crippen molar-refractivity contribution < 1.29 is 13.2 Å². The minimum atomic E-state index is -0.735. The van der Waals surface area contributed by atoms with Crippen molar-refractivity contribution in [2.24, 2.45) is 0 Å². The average Bonchev–Trinajstić information content (AvgIpc) is 2.67. The van der Waals surface area contributed by atoms with Gasteiger partial charge in [0, 0.05) is 18.4 Å². The van der Waals surface area contributed by atoms with E-state index in [0.29, 0.717) is 18.2 Å². The van der Waals surface area contributed by atoms with Crippen LogP contribution in [-0.4, -0.2) is 16.1 Å². The first-order valence-electron chi connectivity index (χ1n) is 4.54. The molecule has 0 atom stereocenters. The van der Waals surface area contributed by atoms with Gasteiger partial charge >= 0.3 is 0 Å². The molecule has 1 aromatic carbocycles. The highest BCUT2D eigenvalue weighted by Gasteiger charge is 2.13. The predicted octanol–water partition coefficient (Wildman–Crippen LogP) is 2.80. The van der Waals surface area contributed by atoms with Crippen LogP contribution in [0.3, 0.4) is 0 Å². The Morgan fingerprint density at radius 3 is 2.75 bits per heavy atom. The zero-order valence-corrected chi connectivity index (χ0v) is 8.84. The number of aromatic nitrogens is 2. The molecule has 1 heterocycles. The van der Waals surface area contributed by atoms with E-state index in [1.807, 2.05) is 0 Å². The maximum atomic E-state index is 13.3. The summed E-state index contributed by atoms with van der Waals surface area (Å²) >= 11 is 5.49. The van der Waals surface area contributed by atoms with Gasteiger partial charge in [-0.1, -0.05) is 0 Å². The lowest BCUT2D eigenvalue weighted by atomic mass is 10.2. The van der Waals surface area contributed by atoms with E-state index in [1.165, 1.54) is 6.07 Å². The molecule has 0 saturated carbocycles. The fourth-order valence-corrected chi connectivity index (χ4v) is 1.37. The van der Waals surface area contributed by atoms with E-state index < -0.39 is 11.6 Å². The van der Waals surface area contributed by atoms with Crippen molar-refractivity contribution >= 4 is 11.6 Å². The Hall–Kier alpha value is -1.49. The van der Waals surface area contributed by atoms with Crippen molar-refractivity contribution in [2.45, 2.75) is 6.42 Å². The number of alkyl halides is 1. The summed E-state index contributed by atoms with van der Waals surface area (Å²) in [4.78, 5) is 0. The maximum Gasteiger partial charge on any atom is 0.250 e. The van der Waals surface area contributed by atoms with Gasteiger partial charge in [-0.3, -0.25) is 0 Å². The smallest absolute Gasteiger partial charge is 0.250 e. The fourth-order valence-electron chi connectivity index (χ4n) is 1.21. The molecule has 16 heavy (non-hydrogen) atoms. The number of hydrogen-bond donors (Lipinski definition) is 0. The maximum absolute atomic E-state index is 13.3. The van der Waals surface area contributed by atoms with Crippen molar-refractivity contribution in [3.05, 3.63) is 35.7 Å². The Kier molecular flexibility index (Phi) is 3.14. The van der Waals surface area contributed by atoms with E-state index in [9.17, 15) is 8.78 Å². The van der Waals surface area contributed by atoms with Crippen molar-refractivity contribution in [3.8, 4) is 11.5 Å². The molecule has 2 aromatic rings. The average molecular weight is 245 g/mol. The molecule has 0 N–H and O–H groups in total. The third kappa shape index (κ3) is 2.19. The topological polar surface area (TPSA) is 38.9 Å². The molecule has 0 amide bonds. The van der Waals surface area contributed by atoms with Crippen LogP contribution >= 0.6 is 11.6 Å². The molecule has 0 spiro atoms. The van der Waals surface area contributed by atoms with Gasteiger partial charge in [-0.05, 0) is 12.1 Å². The van der Waals surface area contributed by atoms with Gasteiger partial charge in [-0.2, -0.15) is 0 Å². The number of nitrogens with zero attached hydrogens (tertiary/aromatic N) is 2. The molecule has 0 bridgehead atoms. The van der Waals surface area contributed by atoms with Crippen molar-refractivity contribution in [1.29, 1.82) is 0 Å². The standard InChI is InChI=1S/C10H7ClF2N2O/c11-4-3-9-14-15-10(16-9)7-2-1-6(12)5-8(7)13/h1-2,5H,3-4H2. The molecule has 2 rings (SSSR count). The van der Waals surface area contributed by atoms with Crippen LogP contribution in [-0.2, 0) is 6.42 Å². The summed E-state index contributed by atoms with van der Waals surface area (Å²) in [7, 11) is 0. The monoisotopic (exact) mass is 244 g/mol. The second kappa shape index (κ2) is 4.57. The van der Waals surface area contributed by atoms with Gasteiger partial charge in [-0.15, -0.1) is 21.8 Å². The van der Waals surface area contributed by atoms with Crippen LogP contribution in [0, 0.1) is 11.6 Å². The van der Waals surface area contributed by atoms with E-state index in [4.69, 9.17) is 16.0 Å². The number of benzene rings is 1. The van der Waals surface area contributed by atoms with Gasteiger partial charge in [0.2, 0.25) is 5.89 Å². The van der Waals surface area contributed by atoms with Gasteiger partial charge in [0.15, 0.2) is 0 Å². The summed E-state index contributed by atoms with van der Waals surface area (Å²) in [6, 6.07) is 3.15. The lowest BCUT2D eigenvalue weighted by molar-refractivity contribution is 0.507. The number of halogens is 3. The molecule has 0 aliphatic heterocycles. The molecule has 6 heteroatoms. The SMILES string of the molecule is Fc1ccc(-c2nnc(CCCl)o2)c(F)c1. The van der Waals surface area contributed by atoms with Crippen LogP contribution in [0.4, 0.5) is 8.78 Å². The second-order valence-electron chi connectivity index (χ2n) is 3.06. The van der Waals surface area contributed by atoms with Gasteiger partial charge < -0.3 is 4.42 Å². The minimum Gasteiger partial charge on any atom is -0.421 e. The Balaban J connectivity index is 2.35. The highest BCUT2D eigenvalue weighted by atomic mass is 35.5. The predicted molar refractivity (Wildman–Crippen MR) is 54.1 cm³/mol. The summed E-state index contributed by atoms with van der Waals surface area (Å²) in [5.41, 5.74) is 0.0784. The number of rotatable bonds is 3. The third-order valence-electron chi connectivity index (χ3n) is 1.94. The Morgan fingerprint density at radius 2 is 2.06 bits per heavy atom. The molecule has 0 fully saturated rings. The third-order valence-corrected chi connectivity index (χ3v) is 2.13. The molecule has 84 valence electrons. The molecular formula is C10H7ClF2N2O. The zero-order valence-electron chi connectivity index (χ0n) is 8.08. The Bertz CT molecular complexity index is 501. The van der Waals surface area contributed by atoms with Gasteiger partial charge in [-0.25, -0.2) is 8.78 Å². The van der Waals surface area contributed by atoms with Gasteiger partial charge in [0.25, 0.3) is 5.89 Å². The second-order valence-corrected chi connectivity index (χ2v) is 3.44. The van der Waals surface area contributed by atoms with Crippen LogP contribution in [0.25, 0.3) is 11.5 Å². The van der Waals surface area contributed by atoms with E-state index in [-0.39, 0.29) is 11.5 Å². The molecule has 0 radical (unpaired) electrons. The van der Waals surface area contributed by atoms with Crippen molar-refractivity contribution in [2.75, 3.05) is 5.88 Å². The van der Waals surface area contributed by atoms with Crippen LogP contribution in [0.1, 0.15) is 5.89 Å². The van der Waals surface area contributed by atoms with E-state index >= 15 is 0 Å². The first-order valence-corrected chi connectivity index (χ1v) is 5.08. The van der Waals surface area contributed by atoms with Crippen molar-refractivity contribution in [3.63, 3.8) is 0 Å². The molecule has 0 aliphatic rings. The van der Waals surface area contributed by atoms with E-state index in [2.05, 4.69) is 10.2 Å². The zero-order chi connectivity index (χ0) is 11.5. The summed E-state index contributed by atoms with van der Waals surface area (Å²) in [6.07, 6.45) is 0.414. The lowest BCUT2D eigenvalue weighted by Crippen LogP contribution is -1.86. The van der Waals surface area contributed by atoms with Crippen molar-refractivity contribution in [1.82, 2.24) is 10.2 Å². The Morgan fingerprint density at radius 1 is 1.25 bits per heavy atom. The van der Waals surface area contributed by atoms with Gasteiger partial charge in [0.1, 0.15) is 11.6 Å². The van der Waals surface area contributed by atoms with Crippen LogP contribution in [0.15, 0.2) is 22.6 Å². The summed E-state index contributed by atoms with van der Waals surface area (Å²) < 4.78 is 31.2. The summed E-state index contributed by atoms with van der Waals surface area (Å²) in [5, 5.41) is 7.34. The van der Waals surface area contributed by atoms with E-state index in [1.54, 1.807) is 0 Å². The number of hydrogen-bond acceptors (Lipinski definition) is 3. The normalized spacial score (nSPS) is 10.7. The van der Waals surface area contributed by atoms with E-state index in [0.717, 1.165) is 12.1 Å². The van der Waals surface area contributed by atoms with Crippen LogP contribution in [0.5, 0.6) is 0 Å². The minimum absolute atomic E-state index is 0.0256. The summed E-state index contributed by atoms with van der Waals surface area (Å²) in [5.74, 6) is -0.692. The molecule has 0 unspecified atom stereocenters. The molecule has 3 nitrogen and oxygen atoms in total. The molecule has 0 aliphatic carbocycles. The molecular weight excluding hydrogens is 238 g/mol. The first kappa shape index (κ1) is 11.0. The summed E-state index contributed by atoms with van der Waals surface area (Å²) in [6.45, 7) is 0. The molecule has 1 aromatic heterocycles. The van der Waals surface area contributed by atoms with Crippen LogP contribution in [0.2, 0.25) is 0 Å². The quantitative estimate of drug-likeness (QED) is 0.780. The fraction of sp³-hybridized carbons (Fsp3) is 0.200. The van der Waals surface area contributed by atoms with Gasteiger partial charge in [0.05, 0.1) is 5.56 Å². The first-order chi connectivity index (χ1) is 7.70. The number of aryl methyl sites for hydroxylation is 1.